The zero-order valence-electron chi connectivity index (χ0n) is 15.2. The maximum absolute atomic E-state index is 14.0. The molecule has 0 spiro atoms. The molecule has 138 valence electrons. The predicted octanol–water partition coefficient (Wildman–Crippen LogP) is 4.04. The number of tetrazole rings is 1. The van der Waals surface area contributed by atoms with Crippen LogP contribution in [0.25, 0.3) is 0 Å². The third kappa shape index (κ3) is 5.58. The smallest absolute Gasteiger partial charge is 0.192 e. The third-order valence-electron chi connectivity index (χ3n) is 4.41. The van der Waals surface area contributed by atoms with Crippen LogP contribution in [-0.2, 0) is 11.0 Å². The van der Waals surface area contributed by atoms with Crippen LogP contribution in [0.2, 0.25) is 18.1 Å². The molecule has 1 aromatic carbocycles. The molecular weight excluding hydrogens is 407 g/mol. The van der Waals surface area contributed by atoms with Gasteiger partial charge < -0.3 is 9.16 Å². The van der Waals surface area contributed by atoms with Crippen molar-refractivity contribution in [2.45, 2.75) is 51.6 Å². The van der Waals surface area contributed by atoms with E-state index in [9.17, 15) is 4.39 Å². The minimum Gasteiger partial charge on any atom is -0.483 e. The van der Waals surface area contributed by atoms with Gasteiger partial charge in [-0.15, -0.1) is 5.10 Å². The maximum atomic E-state index is 14.0. The van der Waals surface area contributed by atoms with Gasteiger partial charge in [0.05, 0.1) is 13.2 Å². The van der Waals surface area contributed by atoms with E-state index in [0.717, 1.165) is 4.47 Å². The zero-order valence-corrected chi connectivity index (χ0v) is 17.7. The van der Waals surface area contributed by atoms with E-state index in [0.29, 0.717) is 13.2 Å². The van der Waals surface area contributed by atoms with Crippen LogP contribution in [0, 0.1) is 5.82 Å². The van der Waals surface area contributed by atoms with Gasteiger partial charge in [0, 0.05) is 4.47 Å². The summed E-state index contributed by atoms with van der Waals surface area (Å²) in [5.74, 6) is -0.247. The van der Waals surface area contributed by atoms with Crippen molar-refractivity contribution < 1.29 is 13.6 Å². The highest BCUT2D eigenvalue weighted by Gasteiger charge is 2.38. The van der Waals surface area contributed by atoms with Crippen LogP contribution in [0.4, 0.5) is 4.39 Å². The number of benzene rings is 1. The van der Waals surface area contributed by atoms with Crippen molar-refractivity contribution >= 4 is 24.2 Å². The molecule has 0 aliphatic carbocycles. The summed E-state index contributed by atoms with van der Waals surface area (Å²) >= 11 is 3.34. The Balaban J connectivity index is 2.14. The van der Waals surface area contributed by atoms with E-state index in [-0.39, 0.29) is 10.8 Å². The Labute approximate surface area is 157 Å². The van der Waals surface area contributed by atoms with Crippen molar-refractivity contribution in [1.29, 1.82) is 0 Å². The Hall–Kier alpha value is -1.32. The first-order valence-electron chi connectivity index (χ1n) is 8.05. The molecule has 0 radical (unpaired) electrons. The van der Waals surface area contributed by atoms with Gasteiger partial charge in [0.2, 0.25) is 0 Å². The summed E-state index contributed by atoms with van der Waals surface area (Å²) in [6.45, 7) is 11.6. The SMILES string of the molecule is CC(C)(C)[Si](C)(C)OC[C@@H](Cn1cnnn1)Oc1cc(Br)ccc1F. The first kappa shape index (κ1) is 20.0. The quantitative estimate of drug-likeness (QED) is 0.620. The van der Waals surface area contributed by atoms with Gasteiger partial charge in [0.1, 0.15) is 12.4 Å². The standard InChI is InChI=1S/C16H24BrFN4O2Si/c1-16(2,3)25(4,5)23-10-13(9-22-11-19-20-21-22)24-15-8-12(17)6-7-14(15)18/h6-8,11,13H,9-10H2,1-5H3/t13-/m1/s1. The van der Waals surface area contributed by atoms with Crippen LogP contribution >= 0.6 is 15.9 Å². The Morgan fingerprint density at radius 1 is 1.32 bits per heavy atom. The van der Waals surface area contributed by atoms with Crippen molar-refractivity contribution in [3.05, 3.63) is 34.8 Å². The van der Waals surface area contributed by atoms with E-state index in [1.165, 1.54) is 12.4 Å². The summed E-state index contributed by atoms with van der Waals surface area (Å²) in [5.41, 5.74) is 0. The number of hydrogen-bond acceptors (Lipinski definition) is 5. The molecule has 0 fully saturated rings. The molecule has 0 aliphatic heterocycles. The molecule has 2 aromatic rings. The molecule has 6 nitrogen and oxygen atoms in total. The minimum atomic E-state index is -1.95. The number of aromatic nitrogens is 4. The Morgan fingerprint density at radius 3 is 2.64 bits per heavy atom. The summed E-state index contributed by atoms with van der Waals surface area (Å²) in [4.78, 5) is 0. The maximum Gasteiger partial charge on any atom is 0.192 e. The van der Waals surface area contributed by atoms with Gasteiger partial charge in [-0.3, -0.25) is 0 Å². The molecule has 0 saturated heterocycles. The van der Waals surface area contributed by atoms with Crippen LogP contribution in [0.3, 0.4) is 0 Å². The highest BCUT2D eigenvalue weighted by atomic mass is 79.9. The number of rotatable bonds is 7. The van der Waals surface area contributed by atoms with E-state index >= 15 is 0 Å². The van der Waals surface area contributed by atoms with Crippen LogP contribution < -0.4 is 4.74 Å². The monoisotopic (exact) mass is 430 g/mol. The van der Waals surface area contributed by atoms with Crippen molar-refractivity contribution in [3.63, 3.8) is 0 Å². The van der Waals surface area contributed by atoms with E-state index in [4.69, 9.17) is 9.16 Å². The summed E-state index contributed by atoms with van der Waals surface area (Å²) in [6, 6.07) is 4.60. The molecule has 0 aliphatic rings. The lowest BCUT2D eigenvalue weighted by Gasteiger charge is -2.37. The van der Waals surface area contributed by atoms with Crippen LogP contribution in [0.15, 0.2) is 29.0 Å². The molecule has 0 bridgehead atoms. The fourth-order valence-corrected chi connectivity index (χ4v) is 3.24. The normalized spacial score (nSPS) is 13.7. The lowest BCUT2D eigenvalue weighted by atomic mass is 10.2. The van der Waals surface area contributed by atoms with Crippen LogP contribution in [-0.4, -0.2) is 41.2 Å². The van der Waals surface area contributed by atoms with E-state index < -0.39 is 20.2 Å². The second-order valence-electron chi connectivity index (χ2n) is 7.42. The van der Waals surface area contributed by atoms with Gasteiger partial charge in [0.15, 0.2) is 19.9 Å². The van der Waals surface area contributed by atoms with Crippen molar-refractivity contribution in [3.8, 4) is 5.75 Å². The first-order chi connectivity index (χ1) is 11.6. The molecular formula is C16H24BrFN4O2Si. The molecule has 2 rings (SSSR count). The first-order valence-corrected chi connectivity index (χ1v) is 11.7. The Kier molecular flexibility index (Phi) is 6.34. The number of hydrogen-bond donors (Lipinski definition) is 0. The number of nitrogens with zero attached hydrogens (tertiary/aromatic N) is 4. The van der Waals surface area contributed by atoms with Gasteiger partial charge in [-0.2, -0.15) is 0 Å². The van der Waals surface area contributed by atoms with Crippen LogP contribution in [0.5, 0.6) is 5.75 Å². The fourth-order valence-electron chi connectivity index (χ4n) is 1.86. The summed E-state index contributed by atoms with van der Waals surface area (Å²) in [6.07, 6.45) is 1.08. The lowest BCUT2D eigenvalue weighted by molar-refractivity contribution is 0.0983. The van der Waals surface area contributed by atoms with E-state index in [2.05, 4.69) is 65.3 Å². The average Bonchev–Trinajstić information content (AvgIpc) is 3.00. The van der Waals surface area contributed by atoms with Gasteiger partial charge in [-0.05, 0) is 46.8 Å². The van der Waals surface area contributed by atoms with Crippen molar-refractivity contribution in [1.82, 2.24) is 20.2 Å². The third-order valence-corrected chi connectivity index (χ3v) is 9.40. The Morgan fingerprint density at radius 2 is 2.04 bits per heavy atom. The second-order valence-corrected chi connectivity index (χ2v) is 13.1. The predicted molar refractivity (Wildman–Crippen MR) is 99.5 cm³/mol. The van der Waals surface area contributed by atoms with Crippen molar-refractivity contribution in [2.24, 2.45) is 0 Å². The topological polar surface area (TPSA) is 62.1 Å². The van der Waals surface area contributed by atoms with Gasteiger partial charge in [0.25, 0.3) is 0 Å². The van der Waals surface area contributed by atoms with Gasteiger partial charge in [-0.25, -0.2) is 9.07 Å². The molecule has 0 saturated carbocycles. The molecule has 0 N–H and O–H groups in total. The number of ether oxygens (including phenoxy) is 1. The minimum absolute atomic E-state index is 0.0768. The van der Waals surface area contributed by atoms with E-state index in [1.807, 2.05) is 0 Å². The fraction of sp³-hybridized carbons (Fsp3) is 0.562. The second kappa shape index (κ2) is 7.92. The zero-order chi connectivity index (χ0) is 18.7. The molecule has 9 heteroatoms. The summed E-state index contributed by atoms with van der Waals surface area (Å²) in [5, 5.41) is 11.2. The molecule has 1 heterocycles. The largest absolute Gasteiger partial charge is 0.483 e. The van der Waals surface area contributed by atoms with Crippen LogP contribution in [0.1, 0.15) is 20.8 Å². The highest BCUT2D eigenvalue weighted by Crippen LogP contribution is 2.36. The van der Waals surface area contributed by atoms with Gasteiger partial charge in [-0.1, -0.05) is 36.7 Å². The summed E-state index contributed by atoms with van der Waals surface area (Å²) in [7, 11) is -1.95. The highest BCUT2D eigenvalue weighted by molar-refractivity contribution is 9.10. The summed E-state index contributed by atoms with van der Waals surface area (Å²) < 4.78 is 28.5. The van der Waals surface area contributed by atoms with E-state index in [1.54, 1.807) is 16.8 Å². The average molecular weight is 431 g/mol. The molecule has 25 heavy (non-hydrogen) atoms. The molecule has 1 aromatic heterocycles. The Bertz CT molecular complexity index is 692. The lowest BCUT2D eigenvalue weighted by Crippen LogP contribution is -2.44. The molecule has 1 atom stereocenters. The number of halogens is 2. The van der Waals surface area contributed by atoms with Gasteiger partial charge >= 0.3 is 0 Å². The molecule has 0 unspecified atom stereocenters. The van der Waals surface area contributed by atoms with Crippen molar-refractivity contribution in [2.75, 3.05) is 6.61 Å². The molecule has 0 amide bonds.